The molecule has 7 heteroatoms. The van der Waals surface area contributed by atoms with Crippen LogP contribution in [-0.4, -0.2) is 32.1 Å². The second kappa shape index (κ2) is 10.9. The van der Waals surface area contributed by atoms with E-state index in [1.807, 2.05) is 13.8 Å². The predicted molar refractivity (Wildman–Crippen MR) is 113 cm³/mol. The molecule has 0 fully saturated rings. The Morgan fingerprint density at radius 1 is 0.862 bits per heavy atom. The van der Waals surface area contributed by atoms with Gasteiger partial charge in [-0.05, 0) is 49.2 Å². The molecule has 2 aromatic rings. The van der Waals surface area contributed by atoms with Gasteiger partial charge in [0, 0.05) is 18.2 Å². The normalized spacial score (nSPS) is 10.2. The Bertz CT molecular complexity index is 851. The molecule has 0 bridgehead atoms. The number of ether oxygens (including phenoxy) is 3. The van der Waals surface area contributed by atoms with Crippen molar-refractivity contribution in [1.82, 2.24) is 0 Å². The lowest BCUT2D eigenvalue weighted by molar-refractivity contribution is -0.114. The average molecular weight is 400 g/mol. The molecule has 29 heavy (non-hydrogen) atoms. The molecule has 2 N–H and O–H groups in total. The highest BCUT2D eigenvalue weighted by atomic mass is 16.5. The summed E-state index contributed by atoms with van der Waals surface area (Å²) >= 11 is 0. The summed E-state index contributed by atoms with van der Waals surface area (Å²) in [4.78, 5) is 24.1. The quantitative estimate of drug-likeness (QED) is 0.614. The third-order valence-corrected chi connectivity index (χ3v) is 3.90. The van der Waals surface area contributed by atoms with Crippen LogP contribution in [0.2, 0.25) is 0 Å². The molecule has 0 saturated heterocycles. The van der Waals surface area contributed by atoms with Crippen LogP contribution in [0.5, 0.6) is 17.2 Å². The number of carbonyl (C=O) groups excluding carboxylic acids is 2. The highest BCUT2D eigenvalue weighted by Gasteiger charge is 2.13. The summed E-state index contributed by atoms with van der Waals surface area (Å²) in [6.07, 6.45) is 1.73. The van der Waals surface area contributed by atoms with Gasteiger partial charge in [-0.15, -0.1) is 0 Å². The first-order valence-corrected chi connectivity index (χ1v) is 9.65. The molecule has 0 spiro atoms. The van der Waals surface area contributed by atoms with Crippen LogP contribution in [0.4, 0.5) is 11.4 Å². The van der Waals surface area contributed by atoms with Gasteiger partial charge in [0.05, 0.1) is 26.0 Å². The van der Waals surface area contributed by atoms with E-state index in [4.69, 9.17) is 14.2 Å². The maximum atomic E-state index is 12.7. The zero-order chi connectivity index (χ0) is 21.2. The van der Waals surface area contributed by atoms with Gasteiger partial charge in [0.2, 0.25) is 5.91 Å². The van der Waals surface area contributed by atoms with Crippen molar-refractivity contribution >= 4 is 23.2 Å². The summed E-state index contributed by atoms with van der Waals surface area (Å²) in [5.74, 6) is 1.14. The number of hydrogen-bond acceptors (Lipinski definition) is 5. The third-order valence-electron chi connectivity index (χ3n) is 3.90. The Hall–Kier alpha value is -3.22. The summed E-state index contributed by atoms with van der Waals surface area (Å²) in [5.41, 5.74) is 1.45. The van der Waals surface area contributed by atoms with Gasteiger partial charge in [0.15, 0.2) is 11.5 Å². The van der Waals surface area contributed by atoms with Crippen molar-refractivity contribution < 1.29 is 23.8 Å². The van der Waals surface area contributed by atoms with Crippen molar-refractivity contribution in [1.29, 1.82) is 0 Å². The van der Waals surface area contributed by atoms with Crippen molar-refractivity contribution in [3.05, 3.63) is 42.0 Å². The largest absolute Gasteiger partial charge is 0.495 e. The molecule has 0 aliphatic rings. The fourth-order valence-electron chi connectivity index (χ4n) is 2.58. The van der Waals surface area contributed by atoms with Gasteiger partial charge in [-0.2, -0.15) is 0 Å². The molecular formula is C22H28N2O5. The second-order valence-corrected chi connectivity index (χ2v) is 6.41. The van der Waals surface area contributed by atoms with E-state index < -0.39 is 0 Å². The van der Waals surface area contributed by atoms with E-state index in [1.54, 1.807) is 36.4 Å². The molecule has 0 radical (unpaired) electrons. The minimum Gasteiger partial charge on any atom is -0.495 e. The van der Waals surface area contributed by atoms with Crippen LogP contribution in [-0.2, 0) is 4.79 Å². The SMILES string of the molecule is CCCOc1ccc(C(=O)Nc2ccc(OC)c(NC(C)=O)c2)cc1OCCC. The first-order valence-electron chi connectivity index (χ1n) is 9.65. The number of rotatable bonds is 10. The summed E-state index contributed by atoms with van der Waals surface area (Å²) in [6.45, 7) is 6.56. The molecular weight excluding hydrogens is 372 g/mol. The van der Waals surface area contributed by atoms with Crippen molar-refractivity contribution in [2.75, 3.05) is 31.0 Å². The van der Waals surface area contributed by atoms with Gasteiger partial charge in [-0.3, -0.25) is 9.59 Å². The summed E-state index contributed by atoms with van der Waals surface area (Å²) in [7, 11) is 1.51. The van der Waals surface area contributed by atoms with E-state index >= 15 is 0 Å². The molecule has 0 aliphatic carbocycles. The van der Waals surface area contributed by atoms with E-state index in [9.17, 15) is 9.59 Å². The first-order chi connectivity index (χ1) is 14.0. The molecule has 0 aromatic heterocycles. The zero-order valence-corrected chi connectivity index (χ0v) is 17.3. The number of anilines is 2. The highest BCUT2D eigenvalue weighted by Crippen LogP contribution is 2.30. The minimum absolute atomic E-state index is 0.229. The number of carbonyl (C=O) groups is 2. The Morgan fingerprint density at radius 2 is 1.52 bits per heavy atom. The maximum Gasteiger partial charge on any atom is 0.255 e. The van der Waals surface area contributed by atoms with E-state index in [-0.39, 0.29) is 11.8 Å². The van der Waals surface area contributed by atoms with E-state index in [0.717, 1.165) is 12.8 Å². The molecule has 156 valence electrons. The van der Waals surface area contributed by atoms with Crippen LogP contribution in [0.15, 0.2) is 36.4 Å². The minimum atomic E-state index is -0.299. The lowest BCUT2D eigenvalue weighted by atomic mass is 10.1. The molecule has 2 amide bonds. The van der Waals surface area contributed by atoms with Crippen molar-refractivity contribution in [3.63, 3.8) is 0 Å². The van der Waals surface area contributed by atoms with Crippen molar-refractivity contribution in [3.8, 4) is 17.2 Å². The van der Waals surface area contributed by atoms with Gasteiger partial charge in [0.25, 0.3) is 5.91 Å². The fourth-order valence-corrected chi connectivity index (χ4v) is 2.58. The number of methoxy groups -OCH3 is 1. The Labute approximate surface area is 171 Å². The number of hydrogen-bond donors (Lipinski definition) is 2. The van der Waals surface area contributed by atoms with Crippen LogP contribution in [0.25, 0.3) is 0 Å². The van der Waals surface area contributed by atoms with E-state index in [1.165, 1.54) is 14.0 Å². The van der Waals surface area contributed by atoms with Crippen LogP contribution in [0, 0.1) is 0 Å². The van der Waals surface area contributed by atoms with Crippen LogP contribution >= 0.6 is 0 Å². The van der Waals surface area contributed by atoms with Crippen LogP contribution in [0.3, 0.4) is 0 Å². The topological polar surface area (TPSA) is 85.9 Å². The molecule has 0 aliphatic heterocycles. The van der Waals surface area contributed by atoms with E-state index in [2.05, 4.69) is 10.6 Å². The number of amides is 2. The van der Waals surface area contributed by atoms with Crippen LogP contribution < -0.4 is 24.8 Å². The fraction of sp³-hybridized carbons (Fsp3) is 0.364. The van der Waals surface area contributed by atoms with E-state index in [0.29, 0.717) is 47.4 Å². The predicted octanol–water partition coefficient (Wildman–Crippen LogP) is 4.48. The van der Waals surface area contributed by atoms with Gasteiger partial charge >= 0.3 is 0 Å². The smallest absolute Gasteiger partial charge is 0.255 e. The first kappa shape index (κ1) is 22.1. The second-order valence-electron chi connectivity index (χ2n) is 6.41. The molecule has 0 unspecified atom stereocenters. The van der Waals surface area contributed by atoms with Crippen molar-refractivity contribution in [2.24, 2.45) is 0 Å². The number of benzene rings is 2. The summed E-state index contributed by atoms with van der Waals surface area (Å²) in [5, 5.41) is 5.51. The van der Waals surface area contributed by atoms with Gasteiger partial charge in [-0.25, -0.2) is 0 Å². The van der Waals surface area contributed by atoms with Gasteiger partial charge < -0.3 is 24.8 Å². The molecule has 2 aromatic carbocycles. The molecule has 2 rings (SSSR count). The maximum absolute atomic E-state index is 12.7. The number of nitrogens with one attached hydrogen (secondary N) is 2. The lowest BCUT2D eigenvalue weighted by Gasteiger charge is -2.14. The van der Waals surface area contributed by atoms with Gasteiger partial charge in [-0.1, -0.05) is 13.8 Å². The van der Waals surface area contributed by atoms with Gasteiger partial charge in [0.1, 0.15) is 5.75 Å². The Kier molecular flexibility index (Phi) is 8.33. The monoisotopic (exact) mass is 400 g/mol. The average Bonchev–Trinajstić information content (AvgIpc) is 2.70. The van der Waals surface area contributed by atoms with Crippen molar-refractivity contribution in [2.45, 2.75) is 33.6 Å². The third kappa shape index (κ3) is 6.41. The Balaban J connectivity index is 2.22. The summed E-state index contributed by atoms with van der Waals surface area (Å²) in [6, 6.07) is 10.1. The highest BCUT2D eigenvalue weighted by molar-refractivity contribution is 6.05. The molecule has 0 heterocycles. The Morgan fingerprint density at radius 3 is 2.14 bits per heavy atom. The summed E-state index contributed by atoms with van der Waals surface area (Å²) < 4.78 is 16.7. The molecule has 7 nitrogen and oxygen atoms in total. The lowest BCUT2D eigenvalue weighted by Crippen LogP contribution is -2.13. The van der Waals surface area contributed by atoms with Crippen LogP contribution in [0.1, 0.15) is 44.0 Å². The zero-order valence-electron chi connectivity index (χ0n) is 17.3. The molecule has 0 saturated carbocycles. The standard InChI is InChI=1S/C22H28N2O5/c1-5-11-28-20-9-7-16(13-21(20)29-12-6-2)22(26)24-17-8-10-19(27-4)18(14-17)23-15(3)25/h7-10,13-14H,5-6,11-12H2,1-4H3,(H,23,25)(H,24,26). The molecule has 0 atom stereocenters.